The van der Waals surface area contributed by atoms with E-state index >= 15 is 0 Å². The SMILES string of the molecule is COc1ccc(N(C)C(N)=Nc2ccc3c4c(cccc24)C=C3)c2ccccc12.Cl. The van der Waals surface area contributed by atoms with E-state index in [0.29, 0.717) is 5.96 Å². The third kappa shape index (κ3) is 3.06. The van der Waals surface area contributed by atoms with Crippen molar-refractivity contribution >= 4 is 63.4 Å². The van der Waals surface area contributed by atoms with Crippen molar-refractivity contribution in [2.75, 3.05) is 19.1 Å². The minimum absolute atomic E-state index is 0. The number of nitrogens with zero attached hydrogens (tertiary/aromatic N) is 2. The fourth-order valence-electron chi connectivity index (χ4n) is 4.05. The van der Waals surface area contributed by atoms with E-state index in [4.69, 9.17) is 15.5 Å². The fraction of sp³-hybridized carbons (Fsp3) is 0.0800. The average molecular weight is 416 g/mol. The highest BCUT2D eigenvalue weighted by Crippen LogP contribution is 2.37. The van der Waals surface area contributed by atoms with Crippen molar-refractivity contribution in [3.63, 3.8) is 0 Å². The summed E-state index contributed by atoms with van der Waals surface area (Å²) in [4.78, 5) is 6.70. The van der Waals surface area contributed by atoms with E-state index in [9.17, 15) is 0 Å². The topological polar surface area (TPSA) is 50.9 Å². The summed E-state index contributed by atoms with van der Waals surface area (Å²) >= 11 is 0. The molecule has 0 saturated carbocycles. The molecule has 0 saturated heterocycles. The number of guanidine groups is 1. The molecule has 0 unspecified atom stereocenters. The molecule has 0 spiro atoms. The van der Waals surface area contributed by atoms with Crippen molar-refractivity contribution in [2.45, 2.75) is 0 Å². The van der Waals surface area contributed by atoms with Gasteiger partial charge in [-0.25, -0.2) is 4.99 Å². The Balaban J connectivity index is 0.00000218. The van der Waals surface area contributed by atoms with Gasteiger partial charge >= 0.3 is 0 Å². The summed E-state index contributed by atoms with van der Waals surface area (Å²) in [6, 6.07) is 22.5. The lowest BCUT2D eigenvalue weighted by Gasteiger charge is -2.21. The molecule has 2 N–H and O–H groups in total. The highest BCUT2D eigenvalue weighted by molar-refractivity contribution is 6.11. The van der Waals surface area contributed by atoms with Crippen LogP contribution in [0.1, 0.15) is 11.1 Å². The Morgan fingerprint density at radius 1 is 0.833 bits per heavy atom. The molecule has 1 aliphatic rings. The molecule has 0 amide bonds. The summed E-state index contributed by atoms with van der Waals surface area (Å²) in [6.07, 6.45) is 4.29. The Morgan fingerprint density at radius 2 is 1.53 bits per heavy atom. The van der Waals surface area contributed by atoms with Crippen molar-refractivity contribution in [3.8, 4) is 5.75 Å². The normalized spacial score (nSPS) is 12.3. The van der Waals surface area contributed by atoms with E-state index < -0.39 is 0 Å². The summed E-state index contributed by atoms with van der Waals surface area (Å²) in [7, 11) is 3.63. The predicted octanol–water partition coefficient (Wildman–Crippen LogP) is 5.99. The van der Waals surface area contributed by atoms with Crippen LogP contribution in [0.2, 0.25) is 0 Å². The number of fused-ring (bicyclic) bond motifs is 1. The molecule has 0 aromatic heterocycles. The van der Waals surface area contributed by atoms with Gasteiger partial charge in [0.2, 0.25) is 5.96 Å². The Hall–Kier alpha value is -3.50. The van der Waals surface area contributed by atoms with Crippen LogP contribution in [0, 0.1) is 0 Å². The standard InChI is InChI=1S/C25H21N3O.ClH/c1-28(22-14-15-23(29-2)19-8-4-3-7-18(19)22)25(26)27-21-13-12-17-11-10-16-6-5-9-20(21)24(16)17;/h3-15H,1-2H3,(H2,26,27);1H. The van der Waals surface area contributed by atoms with Gasteiger partial charge in [-0.15, -0.1) is 12.4 Å². The number of aliphatic imine (C=N–C) groups is 1. The van der Waals surface area contributed by atoms with Crippen LogP contribution < -0.4 is 15.4 Å². The summed E-state index contributed by atoms with van der Waals surface area (Å²) < 4.78 is 5.51. The van der Waals surface area contributed by atoms with Gasteiger partial charge in [0.15, 0.2) is 0 Å². The van der Waals surface area contributed by atoms with E-state index in [0.717, 1.165) is 33.3 Å². The van der Waals surface area contributed by atoms with Crippen molar-refractivity contribution in [1.29, 1.82) is 0 Å². The molecule has 0 bridgehead atoms. The minimum atomic E-state index is 0. The molecule has 1 aliphatic carbocycles. The first-order chi connectivity index (χ1) is 14.2. The lowest BCUT2D eigenvalue weighted by atomic mass is 10.0. The molecule has 150 valence electrons. The highest BCUT2D eigenvalue weighted by atomic mass is 35.5. The molecule has 0 aliphatic heterocycles. The van der Waals surface area contributed by atoms with Crippen molar-refractivity contribution in [2.24, 2.45) is 10.7 Å². The maximum absolute atomic E-state index is 6.45. The number of ether oxygens (including phenoxy) is 1. The zero-order valence-electron chi connectivity index (χ0n) is 16.8. The van der Waals surface area contributed by atoms with Crippen LogP contribution in [-0.4, -0.2) is 20.1 Å². The van der Waals surface area contributed by atoms with Crippen LogP contribution >= 0.6 is 12.4 Å². The van der Waals surface area contributed by atoms with Crippen LogP contribution in [0.4, 0.5) is 11.4 Å². The molecule has 4 aromatic rings. The van der Waals surface area contributed by atoms with Crippen LogP contribution in [0.25, 0.3) is 33.7 Å². The number of nitrogens with two attached hydrogens (primary N) is 1. The van der Waals surface area contributed by atoms with E-state index in [1.807, 2.05) is 42.3 Å². The van der Waals surface area contributed by atoms with Gasteiger partial charge in [-0.3, -0.25) is 0 Å². The zero-order valence-corrected chi connectivity index (χ0v) is 17.6. The number of anilines is 1. The summed E-state index contributed by atoms with van der Waals surface area (Å²) in [6.45, 7) is 0. The van der Waals surface area contributed by atoms with E-state index in [1.165, 1.54) is 16.5 Å². The van der Waals surface area contributed by atoms with Crippen molar-refractivity contribution < 1.29 is 4.74 Å². The number of halogens is 1. The molecule has 5 heteroatoms. The second-order valence-corrected chi connectivity index (χ2v) is 7.14. The quantitative estimate of drug-likeness (QED) is 0.291. The number of rotatable bonds is 3. The smallest absolute Gasteiger partial charge is 0.200 e. The second-order valence-electron chi connectivity index (χ2n) is 7.14. The largest absolute Gasteiger partial charge is 0.496 e. The van der Waals surface area contributed by atoms with Gasteiger partial charge in [0.25, 0.3) is 0 Å². The average Bonchev–Trinajstić information content (AvgIpc) is 3.19. The molecule has 4 nitrogen and oxygen atoms in total. The van der Waals surface area contributed by atoms with Crippen LogP contribution in [0.5, 0.6) is 5.75 Å². The molecule has 5 rings (SSSR count). The first-order valence-corrected chi connectivity index (χ1v) is 9.55. The van der Waals surface area contributed by atoms with Gasteiger partial charge in [0.05, 0.1) is 18.5 Å². The Morgan fingerprint density at radius 3 is 2.30 bits per heavy atom. The summed E-state index contributed by atoms with van der Waals surface area (Å²) in [5.74, 6) is 1.28. The minimum Gasteiger partial charge on any atom is -0.496 e. The molecule has 4 aromatic carbocycles. The monoisotopic (exact) mass is 415 g/mol. The number of hydrogen-bond acceptors (Lipinski definition) is 2. The highest BCUT2D eigenvalue weighted by Gasteiger charge is 2.14. The molecule has 0 heterocycles. The zero-order chi connectivity index (χ0) is 20.0. The van der Waals surface area contributed by atoms with Gasteiger partial charge in [-0.1, -0.05) is 60.7 Å². The van der Waals surface area contributed by atoms with Crippen LogP contribution in [0.15, 0.2) is 71.7 Å². The van der Waals surface area contributed by atoms with Crippen molar-refractivity contribution in [3.05, 3.63) is 77.9 Å². The first kappa shape index (κ1) is 19.8. The Kier molecular flexibility index (Phi) is 5.10. The lowest BCUT2D eigenvalue weighted by molar-refractivity contribution is 0.420. The molecule has 30 heavy (non-hydrogen) atoms. The van der Waals surface area contributed by atoms with Gasteiger partial charge in [0.1, 0.15) is 5.75 Å². The second kappa shape index (κ2) is 7.73. The summed E-state index contributed by atoms with van der Waals surface area (Å²) in [5, 5.41) is 4.46. The molecular weight excluding hydrogens is 394 g/mol. The Bertz CT molecular complexity index is 1310. The van der Waals surface area contributed by atoms with Crippen LogP contribution in [0.3, 0.4) is 0 Å². The van der Waals surface area contributed by atoms with Gasteiger partial charge in [-0.05, 0) is 34.7 Å². The van der Waals surface area contributed by atoms with Crippen LogP contribution in [-0.2, 0) is 0 Å². The molecular formula is C25H22ClN3O. The van der Waals surface area contributed by atoms with Gasteiger partial charge in [0, 0.05) is 23.2 Å². The van der Waals surface area contributed by atoms with E-state index in [2.05, 4.69) is 48.6 Å². The van der Waals surface area contributed by atoms with Gasteiger partial charge in [-0.2, -0.15) is 0 Å². The van der Waals surface area contributed by atoms with Crippen molar-refractivity contribution in [1.82, 2.24) is 0 Å². The third-order valence-corrected chi connectivity index (χ3v) is 5.55. The third-order valence-electron chi connectivity index (χ3n) is 5.55. The lowest BCUT2D eigenvalue weighted by Crippen LogP contribution is -2.33. The maximum atomic E-state index is 6.45. The fourth-order valence-corrected chi connectivity index (χ4v) is 4.05. The maximum Gasteiger partial charge on any atom is 0.200 e. The van der Waals surface area contributed by atoms with E-state index in [1.54, 1.807) is 7.11 Å². The molecule has 0 fully saturated rings. The van der Waals surface area contributed by atoms with Gasteiger partial charge < -0.3 is 15.4 Å². The number of methoxy groups -OCH3 is 1. The Labute approximate surface area is 181 Å². The van der Waals surface area contributed by atoms with E-state index in [-0.39, 0.29) is 12.4 Å². The predicted molar refractivity (Wildman–Crippen MR) is 130 cm³/mol. The number of benzene rings is 4. The molecule has 0 radical (unpaired) electrons. The number of hydrogen-bond donors (Lipinski definition) is 1. The first-order valence-electron chi connectivity index (χ1n) is 9.55. The summed E-state index contributed by atoms with van der Waals surface area (Å²) in [5.41, 5.74) is 10.8. The molecule has 0 atom stereocenters.